The Balaban J connectivity index is 2.44. The summed E-state index contributed by atoms with van der Waals surface area (Å²) in [6.45, 7) is 4.07. The van der Waals surface area contributed by atoms with Gasteiger partial charge in [0.25, 0.3) is 0 Å². The van der Waals surface area contributed by atoms with Crippen molar-refractivity contribution in [3.8, 4) is 0 Å². The van der Waals surface area contributed by atoms with Crippen LogP contribution in [0.1, 0.15) is 18.1 Å². The molecular formula is C15H25N3O2. The molecule has 0 heterocycles. The second kappa shape index (κ2) is 9.34. The summed E-state index contributed by atoms with van der Waals surface area (Å²) in [6, 6.07) is 8.55. The number of rotatable bonds is 7. The summed E-state index contributed by atoms with van der Waals surface area (Å²) in [6.07, 6.45) is 0. The zero-order valence-corrected chi connectivity index (χ0v) is 12.8. The fourth-order valence-corrected chi connectivity index (χ4v) is 1.83. The molecule has 0 aliphatic rings. The Labute approximate surface area is 121 Å². The smallest absolute Gasteiger partial charge is 0.191 e. The largest absolute Gasteiger partial charge is 0.383 e. The molecule has 0 aromatic heterocycles. The van der Waals surface area contributed by atoms with E-state index in [1.165, 1.54) is 11.1 Å². The Bertz CT molecular complexity index is 404. The number of benzene rings is 1. The van der Waals surface area contributed by atoms with Crippen LogP contribution in [-0.4, -0.2) is 39.9 Å². The third-order valence-electron chi connectivity index (χ3n) is 2.82. The maximum atomic E-state index is 5.09. The van der Waals surface area contributed by atoms with Crippen molar-refractivity contribution in [3.05, 3.63) is 35.4 Å². The van der Waals surface area contributed by atoms with Crippen LogP contribution >= 0.6 is 0 Å². The number of hydrogen-bond acceptors (Lipinski definition) is 3. The van der Waals surface area contributed by atoms with Gasteiger partial charge in [0.05, 0.1) is 13.2 Å². The van der Waals surface area contributed by atoms with Crippen LogP contribution in [0, 0.1) is 0 Å². The van der Waals surface area contributed by atoms with Crippen LogP contribution in [0.4, 0.5) is 0 Å². The molecule has 20 heavy (non-hydrogen) atoms. The molecule has 0 bridgehead atoms. The first-order valence-corrected chi connectivity index (χ1v) is 6.72. The van der Waals surface area contributed by atoms with Crippen LogP contribution in [0.15, 0.2) is 29.3 Å². The normalized spacial score (nSPS) is 13.1. The third-order valence-corrected chi connectivity index (χ3v) is 2.82. The van der Waals surface area contributed by atoms with E-state index in [0.29, 0.717) is 13.2 Å². The minimum absolute atomic E-state index is 0.218. The van der Waals surface area contributed by atoms with Gasteiger partial charge in [-0.05, 0) is 18.1 Å². The molecule has 0 aliphatic heterocycles. The highest BCUT2D eigenvalue weighted by Crippen LogP contribution is 2.05. The van der Waals surface area contributed by atoms with E-state index >= 15 is 0 Å². The standard InChI is InChI=1S/C15H25N3O2/c1-12(10-19-3)18-15(16-2)17-9-13-5-7-14(8-6-13)11-20-4/h5-8,12H,9-11H2,1-4H3,(H2,16,17,18). The first-order chi connectivity index (χ1) is 9.69. The van der Waals surface area contributed by atoms with Crippen molar-refractivity contribution in [2.75, 3.05) is 27.9 Å². The van der Waals surface area contributed by atoms with Crippen LogP contribution in [0.5, 0.6) is 0 Å². The van der Waals surface area contributed by atoms with E-state index < -0.39 is 0 Å². The molecular weight excluding hydrogens is 254 g/mol. The average molecular weight is 279 g/mol. The van der Waals surface area contributed by atoms with Crippen LogP contribution in [0.3, 0.4) is 0 Å². The van der Waals surface area contributed by atoms with Crippen LogP contribution in [0.2, 0.25) is 0 Å². The molecule has 0 amide bonds. The van der Waals surface area contributed by atoms with Gasteiger partial charge in [-0.25, -0.2) is 0 Å². The Morgan fingerprint density at radius 3 is 2.35 bits per heavy atom. The lowest BCUT2D eigenvalue weighted by Gasteiger charge is -2.17. The molecule has 1 aromatic rings. The van der Waals surface area contributed by atoms with Gasteiger partial charge in [0.1, 0.15) is 0 Å². The number of hydrogen-bond donors (Lipinski definition) is 2. The minimum atomic E-state index is 0.218. The first kappa shape index (κ1) is 16.5. The van der Waals surface area contributed by atoms with Crippen molar-refractivity contribution in [2.24, 2.45) is 4.99 Å². The van der Waals surface area contributed by atoms with Crippen molar-refractivity contribution in [1.29, 1.82) is 0 Å². The van der Waals surface area contributed by atoms with Crippen molar-refractivity contribution >= 4 is 5.96 Å². The fraction of sp³-hybridized carbons (Fsp3) is 0.533. The Morgan fingerprint density at radius 2 is 1.80 bits per heavy atom. The lowest BCUT2D eigenvalue weighted by molar-refractivity contribution is 0.179. The molecule has 0 saturated carbocycles. The number of nitrogens with zero attached hydrogens (tertiary/aromatic N) is 1. The van der Waals surface area contributed by atoms with Gasteiger partial charge in [-0.3, -0.25) is 4.99 Å². The van der Waals surface area contributed by atoms with Gasteiger partial charge < -0.3 is 20.1 Å². The molecule has 1 unspecified atom stereocenters. The summed E-state index contributed by atoms with van der Waals surface area (Å²) in [4.78, 5) is 4.19. The summed E-state index contributed by atoms with van der Waals surface area (Å²) in [5.41, 5.74) is 2.37. The van der Waals surface area contributed by atoms with E-state index in [4.69, 9.17) is 9.47 Å². The molecule has 0 aliphatic carbocycles. The zero-order chi connectivity index (χ0) is 14.8. The number of aliphatic imine (C=N–C) groups is 1. The number of ether oxygens (including phenoxy) is 2. The third kappa shape index (κ3) is 6.04. The van der Waals surface area contributed by atoms with Crippen LogP contribution < -0.4 is 10.6 Å². The predicted molar refractivity (Wildman–Crippen MR) is 81.8 cm³/mol. The summed E-state index contributed by atoms with van der Waals surface area (Å²) in [7, 11) is 5.15. The fourth-order valence-electron chi connectivity index (χ4n) is 1.83. The monoisotopic (exact) mass is 279 g/mol. The van der Waals surface area contributed by atoms with Crippen molar-refractivity contribution in [3.63, 3.8) is 0 Å². The molecule has 0 spiro atoms. The SMILES string of the molecule is CN=C(NCc1ccc(COC)cc1)NC(C)COC. The van der Waals surface area contributed by atoms with Gasteiger partial charge in [0, 0.05) is 33.9 Å². The van der Waals surface area contributed by atoms with E-state index in [-0.39, 0.29) is 6.04 Å². The van der Waals surface area contributed by atoms with Gasteiger partial charge >= 0.3 is 0 Å². The van der Waals surface area contributed by atoms with Crippen molar-refractivity contribution < 1.29 is 9.47 Å². The lowest BCUT2D eigenvalue weighted by atomic mass is 10.1. The summed E-state index contributed by atoms with van der Waals surface area (Å²) < 4.78 is 10.2. The van der Waals surface area contributed by atoms with E-state index in [0.717, 1.165) is 12.5 Å². The van der Waals surface area contributed by atoms with Crippen LogP contribution in [0.25, 0.3) is 0 Å². The molecule has 1 aromatic carbocycles. The molecule has 0 saturated heterocycles. The number of nitrogens with one attached hydrogen (secondary N) is 2. The van der Waals surface area contributed by atoms with Gasteiger partial charge in [-0.1, -0.05) is 24.3 Å². The van der Waals surface area contributed by atoms with Gasteiger partial charge in [-0.2, -0.15) is 0 Å². The van der Waals surface area contributed by atoms with Crippen molar-refractivity contribution in [1.82, 2.24) is 10.6 Å². The maximum absolute atomic E-state index is 5.09. The summed E-state index contributed by atoms with van der Waals surface area (Å²) >= 11 is 0. The molecule has 5 nitrogen and oxygen atoms in total. The summed E-state index contributed by atoms with van der Waals surface area (Å²) in [5, 5.41) is 6.54. The predicted octanol–water partition coefficient (Wildman–Crippen LogP) is 1.53. The summed E-state index contributed by atoms with van der Waals surface area (Å²) in [5.74, 6) is 0.774. The second-order valence-corrected chi connectivity index (χ2v) is 4.68. The van der Waals surface area contributed by atoms with E-state index in [9.17, 15) is 0 Å². The molecule has 0 fully saturated rings. The molecule has 0 radical (unpaired) electrons. The van der Waals surface area contributed by atoms with Gasteiger partial charge in [0.15, 0.2) is 5.96 Å². The lowest BCUT2D eigenvalue weighted by Crippen LogP contribution is -2.43. The molecule has 112 valence electrons. The highest BCUT2D eigenvalue weighted by molar-refractivity contribution is 5.79. The molecule has 2 N–H and O–H groups in total. The van der Waals surface area contributed by atoms with Gasteiger partial charge in [-0.15, -0.1) is 0 Å². The topological polar surface area (TPSA) is 54.9 Å². The van der Waals surface area contributed by atoms with Crippen molar-refractivity contribution in [2.45, 2.75) is 26.1 Å². The quantitative estimate of drug-likeness (QED) is 0.587. The highest BCUT2D eigenvalue weighted by atomic mass is 16.5. The number of methoxy groups -OCH3 is 2. The Kier molecular flexibility index (Phi) is 7.69. The highest BCUT2D eigenvalue weighted by Gasteiger charge is 2.04. The van der Waals surface area contributed by atoms with E-state index in [2.05, 4.69) is 46.8 Å². The molecule has 5 heteroatoms. The molecule has 1 rings (SSSR count). The zero-order valence-electron chi connectivity index (χ0n) is 12.8. The first-order valence-electron chi connectivity index (χ1n) is 6.72. The molecule has 1 atom stereocenters. The van der Waals surface area contributed by atoms with Crippen LogP contribution in [-0.2, 0) is 22.6 Å². The van der Waals surface area contributed by atoms with E-state index in [1.807, 2.05) is 0 Å². The van der Waals surface area contributed by atoms with Gasteiger partial charge in [0.2, 0.25) is 0 Å². The Morgan fingerprint density at radius 1 is 1.15 bits per heavy atom. The maximum Gasteiger partial charge on any atom is 0.191 e. The second-order valence-electron chi connectivity index (χ2n) is 4.68. The van der Waals surface area contributed by atoms with E-state index in [1.54, 1.807) is 21.3 Å². The number of guanidine groups is 1. The minimum Gasteiger partial charge on any atom is -0.383 e. The average Bonchev–Trinajstić information content (AvgIpc) is 2.45. The Hall–Kier alpha value is -1.59.